The van der Waals surface area contributed by atoms with Gasteiger partial charge in [-0.25, -0.2) is 0 Å². The molecule has 1 aliphatic carbocycles. The van der Waals surface area contributed by atoms with Crippen LogP contribution in [0.4, 0.5) is 5.69 Å². The Kier molecular flexibility index (Phi) is 5.09. The minimum atomic E-state index is -0.305. The molecule has 0 saturated heterocycles. The van der Waals surface area contributed by atoms with Gasteiger partial charge in [0.2, 0.25) is 0 Å². The van der Waals surface area contributed by atoms with Crippen molar-refractivity contribution in [3.05, 3.63) is 39.9 Å². The Morgan fingerprint density at radius 2 is 1.92 bits per heavy atom. The first-order valence-electron chi connectivity index (χ1n) is 8.76. The molecule has 0 aromatic heterocycles. The number of primary amides is 1. The number of rotatable bonds is 4. The predicted molar refractivity (Wildman–Crippen MR) is 101 cm³/mol. The van der Waals surface area contributed by atoms with Crippen molar-refractivity contribution in [3.8, 4) is 0 Å². The highest BCUT2D eigenvalue weighted by Gasteiger charge is 2.35. The summed E-state index contributed by atoms with van der Waals surface area (Å²) in [7, 11) is 0. The number of nitrogen functional groups attached to an aromatic ring is 1. The van der Waals surface area contributed by atoms with Gasteiger partial charge in [0.05, 0.1) is 5.37 Å². The van der Waals surface area contributed by atoms with E-state index < -0.39 is 0 Å². The number of hydrogen-bond donors (Lipinski definition) is 2. The number of nitrogens with zero attached hydrogens (tertiary/aromatic N) is 1. The maximum Gasteiger partial charge on any atom is 0.265 e. The molecular weight excluding hydrogens is 318 g/mol. The normalized spacial score (nSPS) is 21.8. The van der Waals surface area contributed by atoms with Gasteiger partial charge in [0.1, 0.15) is 5.70 Å². The van der Waals surface area contributed by atoms with E-state index in [2.05, 4.69) is 24.0 Å². The molecule has 3 rings (SSSR count). The smallest absolute Gasteiger partial charge is 0.265 e. The van der Waals surface area contributed by atoms with Gasteiger partial charge in [-0.1, -0.05) is 25.3 Å². The van der Waals surface area contributed by atoms with Gasteiger partial charge in [-0.05, 0) is 49.4 Å². The second kappa shape index (κ2) is 7.09. The van der Waals surface area contributed by atoms with Crippen molar-refractivity contribution in [2.24, 2.45) is 5.73 Å². The van der Waals surface area contributed by atoms with E-state index in [1.807, 2.05) is 12.3 Å². The molecule has 1 aromatic carbocycles. The first kappa shape index (κ1) is 17.2. The average Bonchev–Trinajstić information content (AvgIpc) is 2.97. The van der Waals surface area contributed by atoms with Crippen molar-refractivity contribution in [2.75, 3.05) is 5.73 Å². The van der Waals surface area contributed by atoms with Gasteiger partial charge in [-0.2, -0.15) is 0 Å². The van der Waals surface area contributed by atoms with Crippen LogP contribution in [-0.4, -0.2) is 22.2 Å². The maximum absolute atomic E-state index is 11.9. The zero-order chi connectivity index (χ0) is 17.3. The maximum atomic E-state index is 11.9. The molecule has 1 amide bonds. The van der Waals surface area contributed by atoms with E-state index in [9.17, 15) is 4.79 Å². The van der Waals surface area contributed by atoms with Gasteiger partial charge in [-0.3, -0.25) is 4.79 Å². The molecule has 4 nitrogen and oxygen atoms in total. The summed E-state index contributed by atoms with van der Waals surface area (Å²) in [4.78, 5) is 14.2. The van der Waals surface area contributed by atoms with Crippen LogP contribution >= 0.6 is 11.8 Å². The van der Waals surface area contributed by atoms with E-state index in [4.69, 9.17) is 11.5 Å². The third-order valence-electron chi connectivity index (χ3n) is 5.26. The van der Waals surface area contributed by atoms with E-state index in [0.717, 1.165) is 30.5 Å². The Morgan fingerprint density at radius 3 is 2.58 bits per heavy atom. The number of hydrogen-bond acceptors (Lipinski definition) is 4. The van der Waals surface area contributed by atoms with Crippen LogP contribution in [0, 0.1) is 13.8 Å². The predicted octanol–water partition coefficient (Wildman–Crippen LogP) is 3.46. The highest BCUT2D eigenvalue weighted by atomic mass is 32.2. The standard InChI is InChI=1S/C19H27N3OS/c1-12-9-16(20)13(2)8-14(12)10-18-22(15-6-4-3-5-7-15)17(11-24-18)19(21)23/h8-9,11,15,18H,3-7,10,20H2,1-2H3,(H2,21,23). The van der Waals surface area contributed by atoms with Crippen molar-refractivity contribution in [2.45, 2.75) is 63.8 Å². The Bertz CT molecular complexity index is 665. The van der Waals surface area contributed by atoms with Crippen LogP contribution in [0.5, 0.6) is 0 Å². The summed E-state index contributed by atoms with van der Waals surface area (Å²) < 4.78 is 0. The molecule has 130 valence electrons. The number of carbonyl (C=O) groups excluding carboxylic acids is 1. The van der Waals surface area contributed by atoms with Gasteiger partial charge in [0.15, 0.2) is 0 Å². The summed E-state index contributed by atoms with van der Waals surface area (Å²) in [6.45, 7) is 4.16. The van der Waals surface area contributed by atoms with E-state index in [-0.39, 0.29) is 11.3 Å². The van der Waals surface area contributed by atoms with Crippen LogP contribution in [0.15, 0.2) is 23.2 Å². The summed E-state index contributed by atoms with van der Waals surface area (Å²) in [5.41, 5.74) is 16.8. The molecule has 1 heterocycles. The lowest BCUT2D eigenvalue weighted by Crippen LogP contribution is -2.43. The number of aryl methyl sites for hydroxylation is 2. The third-order valence-corrected chi connectivity index (χ3v) is 6.33. The van der Waals surface area contributed by atoms with Crippen LogP contribution in [0.2, 0.25) is 0 Å². The molecule has 1 aromatic rings. The molecule has 1 saturated carbocycles. The van der Waals surface area contributed by atoms with Crippen LogP contribution < -0.4 is 11.5 Å². The van der Waals surface area contributed by atoms with E-state index >= 15 is 0 Å². The number of anilines is 1. The van der Waals surface area contributed by atoms with Gasteiger partial charge >= 0.3 is 0 Å². The topological polar surface area (TPSA) is 72.4 Å². The zero-order valence-electron chi connectivity index (χ0n) is 14.5. The first-order chi connectivity index (χ1) is 11.5. The number of thioether (sulfide) groups is 1. The second-order valence-corrected chi connectivity index (χ2v) is 8.05. The molecule has 1 aliphatic heterocycles. The summed E-state index contributed by atoms with van der Waals surface area (Å²) in [6, 6.07) is 4.68. The van der Waals surface area contributed by atoms with Crippen molar-refractivity contribution in [1.82, 2.24) is 4.90 Å². The van der Waals surface area contributed by atoms with Crippen molar-refractivity contribution in [1.29, 1.82) is 0 Å². The minimum absolute atomic E-state index is 0.248. The number of nitrogens with two attached hydrogens (primary N) is 2. The monoisotopic (exact) mass is 345 g/mol. The van der Waals surface area contributed by atoms with Crippen LogP contribution in [0.3, 0.4) is 0 Å². The molecule has 2 aliphatic rings. The van der Waals surface area contributed by atoms with Crippen molar-refractivity contribution >= 4 is 23.4 Å². The Labute approximate surface area is 148 Å². The minimum Gasteiger partial charge on any atom is -0.399 e. The quantitative estimate of drug-likeness (QED) is 0.820. The summed E-state index contributed by atoms with van der Waals surface area (Å²) in [5, 5.41) is 2.21. The molecule has 24 heavy (non-hydrogen) atoms. The molecule has 1 atom stereocenters. The lowest BCUT2D eigenvalue weighted by molar-refractivity contribution is -0.116. The lowest BCUT2D eigenvalue weighted by atomic mass is 9.93. The highest BCUT2D eigenvalue weighted by molar-refractivity contribution is 8.03. The number of benzene rings is 1. The fourth-order valence-electron chi connectivity index (χ4n) is 3.85. The lowest BCUT2D eigenvalue weighted by Gasteiger charge is -2.38. The van der Waals surface area contributed by atoms with Crippen molar-refractivity contribution in [3.63, 3.8) is 0 Å². The van der Waals surface area contributed by atoms with Gasteiger partial charge in [-0.15, -0.1) is 11.8 Å². The Morgan fingerprint density at radius 1 is 1.21 bits per heavy atom. The zero-order valence-corrected chi connectivity index (χ0v) is 15.4. The number of amides is 1. The van der Waals surface area contributed by atoms with Gasteiger partial charge < -0.3 is 16.4 Å². The Hall–Kier alpha value is -1.62. The molecule has 0 radical (unpaired) electrons. The molecule has 5 heteroatoms. The summed E-state index contributed by atoms with van der Waals surface area (Å²) in [6.07, 6.45) is 6.99. The second-order valence-electron chi connectivity index (χ2n) is 7.00. The highest BCUT2D eigenvalue weighted by Crippen LogP contribution is 2.39. The van der Waals surface area contributed by atoms with E-state index in [1.54, 1.807) is 11.8 Å². The van der Waals surface area contributed by atoms with Gasteiger partial charge in [0, 0.05) is 23.6 Å². The molecule has 0 bridgehead atoms. The third kappa shape index (κ3) is 3.41. The molecule has 1 fully saturated rings. The largest absolute Gasteiger partial charge is 0.399 e. The molecular formula is C19H27N3OS. The molecule has 0 spiro atoms. The number of carbonyl (C=O) groups is 1. The SMILES string of the molecule is Cc1cc(CC2SC=C(C(N)=O)N2C2CCCCC2)c(C)cc1N. The van der Waals surface area contributed by atoms with E-state index in [1.165, 1.54) is 30.4 Å². The van der Waals surface area contributed by atoms with E-state index in [0.29, 0.717) is 11.7 Å². The summed E-state index contributed by atoms with van der Waals surface area (Å²) >= 11 is 1.73. The van der Waals surface area contributed by atoms with Crippen LogP contribution in [0.25, 0.3) is 0 Å². The van der Waals surface area contributed by atoms with Gasteiger partial charge in [0.25, 0.3) is 5.91 Å². The molecule has 1 unspecified atom stereocenters. The molecule has 4 N–H and O–H groups in total. The van der Waals surface area contributed by atoms with Crippen LogP contribution in [-0.2, 0) is 11.2 Å². The Balaban J connectivity index is 1.84. The fraction of sp³-hybridized carbons (Fsp3) is 0.526. The fourth-order valence-corrected chi connectivity index (χ4v) is 5.07. The van der Waals surface area contributed by atoms with Crippen molar-refractivity contribution < 1.29 is 4.79 Å². The summed E-state index contributed by atoms with van der Waals surface area (Å²) in [5.74, 6) is -0.305. The first-order valence-corrected chi connectivity index (χ1v) is 9.71. The average molecular weight is 346 g/mol. The van der Waals surface area contributed by atoms with Crippen LogP contribution in [0.1, 0.15) is 48.8 Å².